The smallest absolute Gasteiger partial charge is 0.291 e. The summed E-state index contributed by atoms with van der Waals surface area (Å²) in [4.78, 5) is 16.9. The number of anilines is 1. The highest BCUT2D eigenvalue weighted by atomic mass is 32.2. The molecule has 0 aliphatic rings. The number of hydrogen-bond donors (Lipinski definition) is 1. The first-order chi connectivity index (χ1) is 14.8. The summed E-state index contributed by atoms with van der Waals surface area (Å²) < 4.78 is 47.9. The van der Waals surface area contributed by atoms with Crippen LogP contribution in [0.15, 0.2) is 71.3 Å². The number of carbonyl (C=O) groups excluding carboxylic acids is 1. The Kier molecular flexibility index (Phi) is 5.43. The number of amides is 1. The van der Waals surface area contributed by atoms with Crippen LogP contribution in [0.2, 0.25) is 0 Å². The lowest BCUT2D eigenvalue weighted by atomic mass is 10.1. The lowest BCUT2D eigenvalue weighted by molar-refractivity contribution is 0.0997. The van der Waals surface area contributed by atoms with Gasteiger partial charge < -0.3 is 14.5 Å². The van der Waals surface area contributed by atoms with E-state index in [4.69, 9.17) is 9.15 Å². The average Bonchev–Trinajstić information content (AvgIpc) is 3.08. The number of rotatable bonds is 6. The van der Waals surface area contributed by atoms with Crippen LogP contribution >= 0.6 is 0 Å². The number of furan rings is 1. The number of benzene rings is 2. The Morgan fingerprint density at radius 1 is 1.10 bits per heavy atom. The van der Waals surface area contributed by atoms with Crippen molar-refractivity contribution in [3.8, 4) is 11.6 Å². The third kappa shape index (κ3) is 4.89. The summed E-state index contributed by atoms with van der Waals surface area (Å²) in [6.07, 6.45) is 2.48. The molecule has 158 valence electrons. The van der Waals surface area contributed by atoms with Crippen LogP contribution < -0.4 is 10.1 Å². The summed E-state index contributed by atoms with van der Waals surface area (Å²) in [5.74, 6) is -0.694. The van der Waals surface area contributed by atoms with Gasteiger partial charge in [0.1, 0.15) is 17.1 Å². The number of para-hydroxylation sites is 1. The predicted molar refractivity (Wildman–Crippen MR) is 113 cm³/mol. The molecule has 2 aromatic carbocycles. The molecule has 0 fully saturated rings. The summed E-state index contributed by atoms with van der Waals surface area (Å²) in [5.41, 5.74) is 1.09. The van der Waals surface area contributed by atoms with E-state index in [1.807, 2.05) is 0 Å². The molecular formula is C22H17FN2O5S. The molecule has 0 atom stereocenters. The van der Waals surface area contributed by atoms with Gasteiger partial charge in [-0.15, -0.1) is 0 Å². The highest BCUT2D eigenvalue weighted by Crippen LogP contribution is 2.28. The fraction of sp³-hybridized carbons (Fsp3) is 0.0909. The summed E-state index contributed by atoms with van der Waals surface area (Å²) in [6, 6.07) is 15.4. The molecule has 0 aliphatic carbocycles. The fourth-order valence-corrected chi connectivity index (χ4v) is 3.82. The first-order valence-corrected chi connectivity index (χ1v) is 11.2. The zero-order valence-corrected chi connectivity index (χ0v) is 17.1. The van der Waals surface area contributed by atoms with Crippen molar-refractivity contribution in [3.05, 3.63) is 84.0 Å². The summed E-state index contributed by atoms with van der Waals surface area (Å²) in [7, 11) is -3.40. The number of pyridine rings is 1. The number of carbonyl (C=O) groups is 1. The second kappa shape index (κ2) is 8.19. The standard InChI is InChI=1S/C22H17FN2O5S/c1-31(27,28)13-18-17-4-2-3-5-19(17)30-21(18)22(26)25-15-8-11-20(24-12-15)29-16-9-6-14(23)7-10-16/h2-12H,13H2,1H3,(H,25,26). The molecule has 1 N–H and O–H groups in total. The lowest BCUT2D eigenvalue weighted by Gasteiger charge is -2.07. The molecule has 0 unspecified atom stereocenters. The van der Waals surface area contributed by atoms with Gasteiger partial charge in [0, 0.05) is 23.3 Å². The molecule has 1 amide bonds. The average molecular weight is 440 g/mol. The van der Waals surface area contributed by atoms with E-state index in [1.165, 1.54) is 36.5 Å². The van der Waals surface area contributed by atoms with Gasteiger partial charge in [-0.25, -0.2) is 17.8 Å². The Morgan fingerprint density at radius 2 is 1.84 bits per heavy atom. The first-order valence-electron chi connectivity index (χ1n) is 9.17. The van der Waals surface area contributed by atoms with Crippen molar-refractivity contribution in [1.82, 2.24) is 4.98 Å². The SMILES string of the molecule is CS(=O)(=O)Cc1c(C(=O)Nc2ccc(Oc3ccc(F)cc3)nc2)oc2ccccc12. The van der Waals surface area contributed by atoms with Crippen LogP contribution in [0.4, 0.5) is 10.1 Å². The quantitative estimate of drug-likeness (QED) is 0.472. The Morgan fingerprint density at radius 3 is 2.52 bits per heavy atom. The monoisotopic (exact) mass is 440 g/mol. The minimum atomic E-state index is -3.40. The van der Waals surface area contributed by atoms with Gasteiger partial charge in [0.25, 0.3) is 5.91 Å². The molecule has 0 saturated heterocycles. The van der Waals surface area contributed by atoms with Crippen molar-refractivity contribution in [2.45, 2.75) is 5.75 Å². The normalized spacial score (nSPS) is 11.4. The van der Waals surface area contributed by atoms with Crippen LogP contribution in [-0.4, -0.2) is 25.6 Å². The number of ether oxygens (including phenoxy) is 1. The number of nitrogens with one attached hydrogen (secondary N) is 1. The maximum Gasteiger partial charge on any atom is 0.291 e. The van der Waals surface area contributed by atoms with E-state index in [0.717, 1.165) is 6.26 Å². The van der Waals surface area contributed by atoms with Gasteiger partial charge >= 0.3 is 0 Å². The van der Waals surface area contributed by atoms with Gasteiger partial charge in [0.05, 0.1) is 17.6 Å². The fourth-order valence-electron chi connectivity index (χ4n) is 3.01. The number of aromatic nitrogens is 1. The van der Waals surface area contributed by atoms with Crippen molar-refractivity contribution in [3.63, 3.8) is 0 Å². The van der Waals surface area contributed by atoms with Crippen molar-refractivity contribution in [1.29, 1.82) is 0 Å². The molecule has 4 rings (SSSR count). The van der Waals surface area contributed by atoms with Crippen molar-refractivity contribution in [2.75, 3.05) is 11.6 Å². The van der Waals surface area contributed by atoms with Crippen molar-refractivity contribution < 1.29 is 26.8 Å². The molecule has 0 saturated carbocycles. The van der Waals surface area contributed by atoms with Crippen molar-refractivity contribution in [2.24, 2.45) is 0 Å². The molecule has 2 heterocycles. The van der Waals surface area contributed by atoms with E-state index in [2.05, 4.69) is 10.3 Å². The second-order valence-electron chi connectivity index (χ2n) is 6.87. The molecule has 0 radical (unpaired) electrons. The summed E-state index contributed by atoms with van der Waals surface area (Å²) >= 11 is 0. The van der Waals surface area contributed by atoms with E-state index in [9.17, 15) is 17.6 Å². The predicted octanol–water partition coefficient (Wildman–Crippen LogP) is 4.56. The topological polar surface area (TPSA) is 98.5 Å². The van der Waals surface area contributed by atoms with Gasteiger partial charge in [-0.2, -0.15) is 0 Å². The van der Waals surface area contributed by atoms with Crippen molar-refractivity contribution >= 4 is 32.4 Å². The molecule has 0 aliphatic heterocycles. The van der Waals surface area contributed by atoms with Crippen LogP contribution in [0.1, 0.15) is 16.1 Å². The van der Waals surface area contributed by atoms with Crippen LogP contribution in [0.5, 0.6) is 11.6 Å². The largest absolute Gasteiger partial charge is 0.451 e. The molecule has 2 aromatic heterocycles. The Labute approximate surface area is 177 Å². The minimum Gasteiger partial charge on any atom is -0.451 e. The van der Waals surface area contributed by atoms with Gasteiger partial charge in [0.2, 0.25) is 5.88 Å². The molecule has 4 aromatic rings. The number of hydrogen-bond acceptors (Lipinski definition) is 6. The molecule has 31 heavy (non-hydrogen) atoms. The van der Waals surface area contributed by atoms with E-state index in [1.54, 1.807) is 30.3 Å². The maximum atomic E-state index is 13.0. The zero-order chi connectivity index (χ0) is 22.0. The molecule has 0 spiro atoms. The van der Waals surface area contributed by atoms with Gasteiger partial charge in [-0.05, 0) is 36.4 Å². The summed E-state index contributed by atoms with van der Waals surface area (Å²) in [6.45, 7) is 0. The molecular weight excluding hydrogens is 423 g/mol. The third-order valence-electron chi connectivity index (χ3n) is 4.34. The molecule has 7 nitrogen and oxygen atoms in total. The molecule has 0 bridgehead atoms. The lowest BCUT2D eigenvalue weighted by Crippen LogP contribution is -2.14. The van der Waals surface area contributed by atoms with Crippen LogP contribution in [0, 0.1) is 5.82 Å². The highest BCUT2D eigenvalue weighted by molar-refractivity contribution is 7.89. The van der Waals surface area contributed by atoms with Crippen LogP contribution in [0.25, 0.3) is 11.0 Å². The zero-order valence-electron chi connectivity index (χ0n) is 16.3. The number of sulfone groups is 1. The minimum absolute atomic E-state index is 0.0711. The van der Waals surface area contributed by atoms with Gasteiger partial charge in [-0.3, -0.25) is 4.79 Å². The summed E-state index contributed by atoms with van der Waals surface area (Å²) in [5, 5.41) is 3.22. The Bertz CT molecular complexity index is 1350. The van der Waals surface area contributed by atoms with Gasteiger partial charge in [-0.1, -0.05) is 18.2 Å². The second-order valence-corrected chi connectivity index (χ2v) is 9.01. The van der Waals surface area contributed by atoms with E-state index in [0.29, 0.717) is 28.0 Å². The Hall–Kier alpha value is -3.72. The first kappa shape index (κ1) is 20.5. The Balaban J connectivity index is 1.55. The number of fused-ring (bicyclic) bond motifs is 1. The number of halogens is 1. The highest BCUT2D eigenvalue weighted by Gasteiger charge is 2.23. The van der Waals surface area contributed by atoms with Gasteiger partial charge in [0.15, 0.2) is 15.6 Å². The maximum absolute atomic E-state index is 13.0. The van der Waals surface area contributed by atoms with Crippen LogP contribution in [-0.2, 0) is 15.6 Å². The van der Waals surface area contributed by atoms with E-state index >= 15 is 0 Å². The van der Waals surface area contributed by atoms with E-state index in [-0.39, 0.29) is 23.2 Å². The van der Waals surface area contributed by atoms with Crippen LogP contribution in [0.3, 0.4) is 0 Å². The number of nitrogens with zero attached hydrogens (tertiary/aromatic N) is 1. The van der Waals surface area contributed by atoms with E-state index < -0.39 is 15.7 Å². The third-order valence-corrected chi connectivity index (χ3v) is 5.15. The molecule has 9 heteroatoms.